The summed E-state index contributed by atoms with van der Waals surface area (Å²) in [5.74, 6) is 0.896. The van der Waals surface area contributed by atoms with Crippen LogP contribution >= 0.6 is 0 Å². The second-order valence-corrected chi connectivity index (χ2v) is 4.84. The van der Waals surface area contributed by atoms with Gasteiger partial charge in [-0.2, -0.15) is 0 Å². The lowest BCUT2D eigenvalue weighted by Crippen LogP contribution is -2.16. The summed E-state index contributed by atoms with van der Waals surface area (Å²) in [6.45, 7) is 3.51. The first-order valence-corrected chi connectivity index (χ1v) is 5.99. The molecule has 1 aliphatic rings. The summed E-state index contributed by atoms with van der Waals surface area (Å²) in [4.78, 5) is 0. The van der Waals surface area contributed by atoms with Crippen LogP contribution in [0.4, 0.5) is 0 Å². The summed E-state index contributed by atoms with van der Waals surface area (Å²) >= 11 is 0. The zero-order valence-corrected chi connectivity index (χ0v) is 9.79. The fourth-order valence-corrected chi connectivity index (χ4v) is 2.74. The summed E-state index contributed by atoms with van der Waals surface area (Å²) in [6, 6.07) is 10.9. The van der Waals surface area contributed by atoms with Crippen LogP contribution in [-0.4, -0.2) is 13.6 Å². The maximum atomic E-state index is 3.30. The average molecular weight is 203 g/mol. The Morgan fingerprint density at radius 3 is 2.67 bits per heavy atom. The molecule has 0 heterocycles. The molecule has 0 amide bonds. The largest absolute Gasteiger partial charge is 0.319 e. The molecule has 0 bridgehead atoms. The highest BCUT2D eigenvalue weighted by Crippen LogP contribution is 2.56. The molecule has 82 valence electrons. The van der Waals surface area contributed by atoms with Crippen molar-refractivity contribution >= 4 is 0 Å². The molecule has 2 unspecified atom stereocenters. The van der Waals surface area contributed by atoms with E-state index in [1.165, 1.54) is 31.4 Å². The first kappa shape index (κ1) is 10.7. The molecule has 0 spiro atoms. The Bertz CT molecular complexity index is 306. The van der Waals surface area contributed by atoms with Crippen LogP contribution in [0.15, 0.2) is 30.3 Å². The van der Waals surface area contributed by atoms with Gasteiger partial charge in [0.15, 0.2) is 0 Å². The summed E-state index contributed by atoms with van der Waals surface area (Å²) in [6.07, 6.45) is 3.98. The minimum atomic E-state index is 0.602. The van der Waals surface area contributed by atoms with Gasteiger partial charge in [0.05, 0.1) is 0 Å². The van der Waals surface area contributed by atoms with Crippen molar-refractivity contribution in [2.24, 2.45) is 11.3 Å². The van der Waals surface area contributed by atoms with Gasteiger partial charge in [-0.05, 0) is 49.8 Å². The monoisotopic (exact) mass is 203 g/mol. The van der Waals surface area contributed by atoms with Gasteiger partial charge >= 0.3 is 0 Å². The third kappa shape index (κ3) is 2.23. The Morgan fingerprint density at radius 1 is 1.33 bits per heavy atom. The van der Waals surface area contributed by atoms with Crippen molar-refractivity contribution in [2.75, 3.05) is 13.6 Å². The highest BCUT2D eigenvalue weighted by atomic mass is 14.8. The zero-order valence-electron chi connectivity index (χ0n) is 9.79. The Balaban J connectivity index is 1.99. The lowest BCUT2D eigenvalue weighted by atomic mass is 9.91. The average Bonchev–Trinajstić information content (AvgIpc) is 2.94. The predicted octanol–water partition coefficient (Wildman–Crippen LogP) is 2.86. The van der Waals surface area contributed by atoms with Gasteiger partial charge in [-0.25, -0.2) is 0 Å². The smallest absolute Gasteiger partial charge is 0.00179 e. The molecule has 1 aromatic rings. The Labute approximate surface area is 92.9 Å². The van der Waals surface area contributed by atoms with Crippen LogP contribution in [0.5, 0.6) is 0 Å². The van der Waals surface area contributed by atoms with Crippen molar-refractivity contribution in [3.05, 3.63) is 35.9 Å². The fourth-order valence-electron chi connectivity index (χ4n) is 2.74. The summed E-state index contributed by atoms with van der Waals surface area (Å²) < 4.78 is 0. The van der Waals surface area contributed by atoms with Crippen LogP contribution in [0.25, 0.3) is 0 Å². The van der Waals surface area contributed by atoms with Crippen LogP contribution in [0.2, 0.25) is 0 Å². The van der Waals surface area contributed by atoms with Gasteiger partial charge in [0.25, 0.3) is 0 Å². The predicted molar refractivity (Wildman–Crippen MR) is 64.9 cm³/mol. The normalized spacial score (nSPS) is 29.1. The number of benzene rings is 1. The molecule has 15 heavy (non-hydrogen) atoms. The highest BCUT2D eigenvalue weighted by molar-refractivity contribution is 5.20. The van der Waals surface area contributed by atoms with E-state index >= 15 is 0 Å². The van der Waals surface area contributed by atoms with Crippen LogP contribution in [0, 0.1) is 11.3 Å². The Morgan fingerprint density at radius 2 is 2.07 bits per heavy atom. The van der Waals surface area contributed by atoms with E-state index in [4.69, 9.17) is 0 Å². The van der Waals surface area contributed by atoms with Crippen molar-refractivity contribution < 1.29 is 0 Å². The van der Waals surface area contributed by atoms with E-state index in [0.29, 0.717) is 5.41 Å². The van der Waals surface area contributed by atoms with Crippen LogP contribution in [-0.2, 0) is 6.42 Å². The summed E-state index contributed by atoms with van der Waals surface area (Å²) in [5.41, 5.74) is 2.10. The van der Waals surface area contributed by atoms with Crippen molar-refractivity contribution in [2.45, 2.75) is 26.2 Å². The van der Waals surface area contributed by atoms with Crippen molar-refractivity contribution in [1.82, 2.24) is 5.32 Å². The van der Waals surface area contributed by atoms with Crippen LogP contribution < -0.4 is 5.32 Å². The van der Waals surface area contributed by atoms with E-state index in [1.54, 1.807) is 0 Å². The molecule has 1 nitrogen and oxygen atoms in total. The van der Waals surface area contributed by atoms with Crippen molar-refractivity contribution in [3.8, 4) is 0 Å². The maximum Gasteiger partial charge on any atom is -0.00179 e. The minimum Gasteiger partial charge on any atom is -0.319 e. The quantitative estimate of drug-likeness (QED) is 0.776. The first-order chi connectivity index (χ1) is 7.30. The van der Waals surface area contributed by atoms with E-state index in [0.717, 1.165) is 5.92 Å². The van der Waals surface area contributed by atoms with Crippen molar-refractivity contribution in [1.29, 1.82) is 0 Å². The fraction of sp³-hybridized carbons (Fsp3) is 0.571. The standard InChI is InChI=1S/C14H21N/c1-3-14(10-13(14)11-15-2)9-12-7-5-4-6-8-12/h4-8,13,15H,3,9-11H2,1-2H3. The van der Waals surface area contributed by atoms with Gasteiger partial charge in [-0.1, -0.05) is 37.3 Å². The van der Waals surface area contributed by atoms with Gasteiger partial charge in [0.1, 0.15) is 0 Å². The molecule has 1 saturated carbocycles. The van der Waals surface area contributed by atoms with Gasteiger partial charge in [-0.15, -0.1) is 0 Å². The second-order valence-electron chi connectivity index (χ2n) is 4.84. The third-order valence-corrected chi connectivity index (χ3v) is 3.91. The molecule has 1 fully saturated rings. The van der Waals surface area contributed by atoms with Crippen LogP contribution in [0.3, 0.4) is 0 Å². The molecular weight excluding hydrogens is 182 g/mol. The van der Waals surface area contributed by atoms with Gasteiger partial charge in [0.2, 0.25) is 0 Å². The van der Waals surface area contributed by atoms with Gasteiger partial charge in [0, 0.05) is 0 Å². The topological polar surface area (TPSA) is 12.0 Å². The molecule has 0 aromatic heterocycles. The molecule has 2 atom stereocenters. The molecular formula is C14H21N. The van der Waals surface area contributed by atoms with Crippen molar-refractivity contribution in [3.63, 3.8) is 0 Å². The Kier molecular flexibility index (Phi) is 3.11. The van der Waals surface area contributed by atoms with E-state index in [-0.39, 0.29) is 0 Å². The molecule has 1 N–H and O–H groups in total. The number of hydrogen-bond acceptors (Lipinski definition) is 1. The van der Waals surface area contributed by atoms with E-state index in [2.05, 4.69) is 49.6 Å². The first-order valence-electron chi connectivity index (χ1n) is 5.99. The summed E-state index contributed by atoms with van der Waals surface area (Å²) in [7, 11) is 2.06. The van der Waals surface area contributed by atoms with E-state index in [1.807, 2.05) is 0 Å². The van der Waals surface area contributed by atoms with Gasteiger partial charge in [-0.3, -0.25) is 0 Å². The molecule has 1 aliphatic carbocycles. The molecule has 0 saturated heterocycles. The Hall–Kier alpha value is -0.820. The van der Waals surface area contributed by atoms with Crippen LogP contribution in [0.1, 0.15) is 25.3 Å². The molecule has 1 aromatic carbocycles. The molecule has 0 radical (unpaired) electrons. The molecule has 2 rings (SSSR count). The maximum absolute atomic E-state index is 3.30. The SMILES string of the molecule is CCC1(Cc2ccccc2)CC1CNC. The molecule has 0 aliphatic heterocycles. The summed E-state index contributed by atoms with van der Waals surface area (Å²) in [5, 5.41) is 3.30. The third-order valence-electron chi connectivity index (χ3n) is 3.91. The highest BCUT2D eigenvalue weighted by Gasteiger charge is 2.51. The minimum absolute atomic E-state index is 0.602. The molecule has 1 heteroatoms. The van der Waals surface area contributed by atoms with E-state index in [9.17, 15) is 0 Å². The lowest BCUT2D eigenvalue weighted by Gasteiger charge is -2.15. The number of nitrogens with one attached hydrogen (secondary N) is 1. The number of hydrogen-bond donors (Lipinski definition) is 1. The van der Waals surface area contributed by atoms with E-state index < -0.39 is 0 Å². The lowest BCUT2D eigenvalue weighted by molar-refractivity contribution is 0.427. The van der Waals surface area contributed by atoms with Gasteiger partial charge < -0.3 is 5.32 Å². The second kappa shape index (κ2) is 4.36. The number of rotatable bonds is 5. The zero-order chi connectivity index (χ0) is 10.7.